The Hall–Kier alpha value is -1.06. The van der Waals surface area contributed by atoms with Gasteiger partial charge in [0.25, 0.3) is 0 Å². The zero-order valence-corrected chi connectivity index (χ0v) is 13.6. The van der Waals surface area contributed by atoms with E-state index in [0.717, 1.165) is 18.1 Å². The molecule has 1 aromatic carbocycles. The van der Waals surface area contributed by atoms with Crippen LogP contribution < -0.4 is 10.1 Å². The molecule has 3 heteroatoms. The van der Waals surface area contributed by atoms with Crippen LogP contribution >= 0.6 is 0 Å². The molecule has 1 N–H and O–H groups in total. The van der Waals surface area contributed by atoms with Crippen molar-refractivity contribution in [2.45, 2.75) is 44.7 Å². The summed E-state index contributed by atoms with van der Waals surface area (Å²) < 4.78 is 5.37. The molecule has 1 fully saturated rings. The Balaban J connectivity index is 1.63. The van der Waals surface area contributed by atoms with E-state index in [1.165, 1.54) is 43.5 Å². The summed E-state index contributed by atoms with van der Waals surface area (Å²) in [4.78, 5) is 2.45. The van der Waals surface area contributed by atoms with Crippen molar-refractivity contribution < 1.29 is 4.74 Å². The van der Waals surface area contributed by atoms with Gasteiger partial charge in [0.1, 0.15) is 5.75 Å². The maximum absolute atomic E-state index is 5.37. The molecule has 0 spiro atoms. The highest BCUT2D eigenvalue weighted by Crippen LogP contribution is 2.27. The van der Waals surface area contributed by atoms with Crippen LogP contribution in [0.2, 0.25) is 0 Å². The van der Waals surface area contributed by atoms with E-state index in [9.17, 15) is 0 Å². The lowest BCUT2D eigenvalue weighted by Crippen LogP contribution is -2.51. The van der Waals surface area contributed by atoms with E-state index in [2.05, 4.69) is 42.4 Å². The van der Waals surface area contributed by atoms with Gasteiger partial charge in [-0.1, -0.05) is 13.0 Å². The zero-order chi connectivity index (χ0) is 14.8. The Morgan fingerprint density at radius 1 is 1.24 bits per heavy atom. The highest BCUT2D eigenvalue weighted by molar-refractivity contribution is 5.37. The number of aryl methyl sites for hydroxylation is 1. The van der Waals surface area contributed by atoms with E-state index >= 15 is 0 Å². The van der Waals surface area contributed by atoms with Gasteiger partial charge in [0.05, 0.1) is 7.11 Å². The molecule has 1 aliphatic carbocycles. The number of likely N-dealkylation sites (tertiary alicyclic amines) is 1. The summed E-state index contributed by atoms with van der Waals surface area (Å²) >= 11 is 0. The predicted octanol–water partition coefficient (Wildman–Crippen LogP) is 2.48. The fourth-order valence-electron chi connectivity index (χ4n) is 3.91. The number of nitrogens with zero attached hydrogens (tertiary/aromatic N) is 1. The van der Waals surface area contributed by atoms with Crippen LogP contribution in [-0.2, 0) is 12.8 Å². The van der Waals surface area contributed by atoms with Gasteiger partial charge >= 0.3 is 0 Å². The first-order valence-corrected chi connectivity index (χ1v) is 8.26. The first kappa shape index (κ1) is 14.9. The Morgan fingerprint density at radius 2 is 2.10 bits per heavy atom. The quantitative estimate of drug-likeness (QED) is 0.925. The van der Waals surface area contributed by atoms with E-state index in [0.29, 0.717) is 12.1 Å². The monoisotopic (exact) mass is 288 g/mol. The molecule has 1 aromatic rings. The third kappa shape index (κ3) is 3.41. The van der Waals surface area contributed by atoms with Crippen molar-refractivity contribution in [2.75, 3.05) is 27.2 Å². The molecular weight excluding hydrogens is 260 g/mol. The molecule has 0 saturated carbocycles. The van der Waals surface area contributed by atoms with Gasteiger partial charge in [0.2, 0.25) is 0 Å². The number of rotatable bonds is 3. The fourth-order valence-corrected chi connectivity index (χ4v) is 3.91. The van der Waals surface area contributed by atoms with Crippen LogP contribution in [0.1, 0.15) is 30.9 Å². The molecule has 1 saturated heterocycles. The highest BCUT2D eigenvalue weighted by Gasteiger charge is 2.27. The third-order valence-corrected chi connectivity index (χ3v) is 5.20. The van der Waals surface area contributed by atoms with E-state index in [1.807, 2.05) is 0 Å². The van der Waals surface area contributed by atoms with E-state index in [-0.39, 0.29) is 0 Å². The van der Waals surface area contributed by atoms with Crippen LogP contribution in [0.5, 0.6) is 5.75 Å². The standard InChI is InChI=1S/C18H28N2O/c1-13-12-20(2)9-8-18(13)19-16-6-4-14-5-7-17(21-3)11-15(14)10-16/h5,7,11,13,16,18-19H,4,6,8-10,12H2,1-3H3. The number of methoxy groups -OCH3 is 1. The number of fused-ring (bicyclic) bond motifs is 1. The van der Waals surface area contributed by atoms with Crippen molar-refractivity contribution in [1.82, 2.24) is 10.2 Å². The maximum Gasteiger partial charge on any atom is 0.119 e. The van der Waals surface area contributed by atoms with Gasteiger partial charge in [-0.2, -0.15) is 0 Å². The largest absolute Gasteiger partial charge is 0.497 e. The van der Waals surface area contributed by atoms with Crippen molar-refractivity contribution in [1.29, 1.82) is 0 Å². The van der Waals surface area contributed by atoms with Gasteiger partial charge in [-0.05, 0) is 68.5 Å². The number of nitrogens with one attached hydrogen (secondary N) is 1. The van der Waals surface area contributed by atoms with Crippen molar-refractivity contribution >= 4 is 0 Å². The van der Waals surface area contributed by atoms with Crippen LogP contribution in [0.3, 0.4) is 0 Å². The van der Waals surface area contributed by atoms with Crippen LogP contribution in [0.25, 0.3) is 0 Å². The first-order valence-electron chi connectivity index (χ1n) is 8.26. The molecule has 3 atom stereocenters. The molecule has 0 radical (unpaired) electrons. The Kier molecular flexibility index (Phi) is 4.51. The summed E-state index contributed by atoms with van der Waals surface area (Å²) in [5, 5.41) is 3.94. The molecule has 0 aromatic heterocycles. The average Bonchev–Trinajstić information content (AvgIpc) is 2.49. The van der Waals surface area contributed by atoms with Crippen molar-refractivity contribution in [3.63, 3.8) is 0 Å². The van der Waals surface area contributed by atoms with Gasteiger partial charge in [0, 0.05) is 18.6 Å². The molecule has 3 nitrogen and oxygen atoms in total. The molecule has 0 amide bonds. The summed E-state index contributed by atoms with van der Waals surface area (Å²) in [5.41, 5.74) is 2.98. The molecule has 0 bridgehead atoms. The lowest BCUT2D eigenvalue weighted by Gasteiger charge is -2.38. The van der Waals surface area contributed by atoms with Gasteiger partial charge in [-0.15, -0.1) is 0 Å². The minimum Gasteiger partial charge on any atom is -0.497 e. The van der Waals surface area contributed by atoms with Crippen LogP contribution in [0.4, 0.5) is 0 Å². The van der Waals surface area contributed by atoms with Gasteiger partial charge in [0.15, 0.2) is 0 Å². The molecule has 21 heavy (non-hydrogen) atoms. The number of ether oxygens (including phenoxy) is 1. The van der Waals surface area contributed by atoms with Gasteiger partial charge in [-0.25, -0.2) is 0 Å². The van der Waals surface area contributed by atoms with Crippen molar-refractivity contribution in [3.8, 4) is 5.75 Å². The summed E-state index contributed by atoms with van der Waals surface area (Å²) in [5.74, 6) is 1.73. The number of piperidine rings is 1. The van der Waals surface area contributed by atoms with Crippen molar-refractivity contribution in [2.24, 2.45) is 5.92 Å². The second-order valence-corrected chi connectivity index (χ2v) is 6.88. The van der Waals surface area contributed by atoms with Crippen LogP contribution in [-0.4, -0.2) is 44.2 Å². The lowest BCUT2D eigenvalue weighted by atomic mass is 9.86. The zero-order valence-electron chi connectivity index (χ0n) is 13.6. The normalized spacial score (nSPS) is 30.0. The third-order valence-electron chi connectivity index (χ3n) is 5.20. The van der Waals surface area contributed by atoms with Gasteiger partial charge < -0.3 is 15.0 Å². The Labute approximate surface area is 128 Å². The van der Waals surface area contributed by atoms with E-state index < -0.39 is 0 Å². The highest BCUT2D eigenvalue weighted by atomic mass is 16.5. The maximum atomic E-state index is 5.37. The summed E-state index contributed by atoms with van der Waals surface area (Å²) in [7, 11) is 3.98. The molecule has 3 unspecified atom stereocenters. The summed E-state index contributed by atoms with van der Waals surface area (Å²) in [6, 6.07) is 7.86. The first-order chi connectivity index (χ1) is 10.2. The van der Waals surface area contributed by atoms with Gasteiger partial charge in [-0.3, -0.25) is 0 Å². The number of hydrogen-bond donors (Lipinski definition) is 1. The SMILES string of the molecule is COc1ccc2c(c1)CC(NC1CCN(C)CC1C)CC2. The molecular formula is C18H28N2O. The Morgan fingerprint density at radius 3 is 2.86 bits per heavy atom. The van der Waals surface area contributed by atoms with Crippen LogP contribution in [0.15, 0.2) is 18.2 Å². The molecule has 116 valence electrons. The Bertz CT molecular complexity index is 488. The van der Waals surface area contributed by atoms with E-state index in [1.54, 1.807) is 7.11 Å². The molecule has 1 aliphatic heterocycles. The predicted molar refractivity (Wildman–Crippen MR) is 87.0 cm³/mol. The molecule has 2 aliphatic rings. The molecule has 1 heterocycles. The number of benzene rings is 1. The lowest BCUT2D eigenvalue weighted by molar-refractivity contribution is 0.163. The fraction of sp³-hybridized carbons (Fsp3) is 0.667. The minimum atomic E-state index is 0.625. The smallest absolute Gasteiger partial charge is 0.119 e. The minimum absolute atomic E-state index is 0.625. The van der Waals surface area contributed by atoms with E-state index in [4.69, 9.17) is 4.74 Å². The summed E-state index contributed by atoms with van der Waals surface area (Å²) in [6.45, 7) is 4.82. The second-order valence-electron chi connectivity index (χ2n) is 6.88. The molecule has 3 rings (SSSR count). The average molecular weight is 288 g/mol. The van der Waals surface area contributed by atoms with Crippen molar-refractivity contribution in [3.05, 3.63) is 29.3 Å². The second kappa shape index (κ2) is 6.37. The number of hydrogen-bond acceptors (Lipinski definition) is 3. The summed E-state index contributed by atoms with van der Waals surface area (Å²) in [6.07, 6.45) is 4.88. The van der Waals surface area contributed by atoms with Crippen LogP contribution in [0, 0.1) is 5.92 Å². The topological polar surface area (TPSA) is 24.5 Å².